The van der Waals surface area contributed by atoms with E-state index < -0.39 is 6.04 Å². The molecule has 3 rings (SSSR count). The standard InChI is InChI=1S/C15H18N4O3/c1-9(14(20)17-10-6-7-22-8-10)16-15(21)13-11-4-2-3-5-12(11)18-19-13/h2-5,9-10H,6-8H2,1H3,(H,16,21)(H,17,20)(H,18,19)/t9-,10+/m1/s1. The van der Waals surface area contributed by atoms with Gasteiger partial charge < -0.3 is 15.4 Å². The van der Waals surface area contributed by atoms with Crippen molar-refractivity contribution in [3.63, 3.8) is 0 Å². The number of benzene rings is 1. The molecule has 0 aliphatic carbocycles. The molecule has 1 aromatic heterocycles. The van der Waals surface area contributed by atoms with Crippen molar-refractivity contribution in [1.29, 1.82) is 0 Å². The molecule has 0 saturated carbocycles. The van der Waals surface area contributed by atoms with Crippen LogP contribution in [0.15, 0.2) is 24.3 Å². The molecule has 1 saturated heterocycles. The van der Waals surface area contributed by atoms with Crippen LogP contribution in [-0.2, 0) is 9.53 Å². The van der Waals surface area contributed by atoms with Crippen molar-refractivity contribution >= 4 is 22.7 Å². The van der Waals surface area contributed by atoms with E-state index in [0.717, 1.165) is 17.3 Å². The van der Waals surface area contributed by atoms with Gasteiger partial charge in [-0.3, -0.25) is 14.7 Å². The number of carbonyl (C=O) groups is 2. The smallest absolute Gasteiger partial charge is 0.273 e. The Balaban J connectivity index is 1.64. The van der Waals surface area contributed by atoms with E-state index in [1.54, 1.807) is 6.92 Å². The largest absolute Gasteiger partial charge is 0.379 e. The van der Waals surface area contributed by atoms with Crippen LogP contribution in [0.1, 0.15) is 23.8 Å². The summed E-state index contributed by atoms with van der Waals surface area (Å²) in [5.41, 5.74) is 1.08. The maximum absolute atomic E-state index is 12.3. The van der Waals surface area contributed by atoms with Crippen LogP contribution in [0.2, 0.25) is 0 Å². The van der Waals surface area contributed by atoms with Gasteiger partial charge in [-0.15, -0.1) is 0 Å². The van der Waals surface area contributed by atoms with Gasteiger partial charge in [0, 0.05) is 12.0 Å². The summed E-state index contributed by atoms with van der Waals surface area (Å²) in [6.45, 7) is 2.83. The number of amides is 2. The second kappa shape index (κ2) is 6.15. The lowest BCUT2D eigenvalue weighted by molar-refractivity contribution is -0.123. The third-order valence-corrected chi connectivity index (χ3v) is 3.70. The Hall–Kier alpha value is -2.41. The van der Waals surface area contributed by atoms with Crippen LogP contribution in [0, 0.1) is 0 Å². The number of rotatable bonds is 4. The molecule has 1 fully saturated rings. The molecule has 116 valence electrons. The minimum Gasteiger partial charge on any atom is -0.379 e. The summed E-state index contributed by atoms with van der Waals surface area (Å²) in [5, 5.41) is 13.1. The first-order valence-corrected chi connectivity index (χ1v) is 7.27. The van der Waals surface area contributed by atoms with Crippen LogP contribution in [0.5, 0.6) is 0 Å². The molecule has 2 amide bonds. The fraction of sp³-hybridized carbons (Fsp3) is 0.400. The van der Waals surface area contributed by atoms with Gasteiger partial charge in [-0.1, -0.05) is 18.2 Å². The molecular formula is C15H18N4O3. The van der Waals surface area contributed by atoms with E-state index in [4.69, 9.17) is 4.74 Å². The summed E-state index contributed by atoms with van der Waals surface area (Å²) in [5.74, 6) is -0.591. The highest BCUT2D eigenvalue weighted by molar-refractivity contribution is 6.05. The van der Waals surface area contributed by atoms with Gasteiger partial charge in [-0.25, -0.2) is 0 Å². The SMILES string of the molecule is C[C@@H](NC(=O)c1n[nH]c2ccccc12)C(=O)N[C@H]1CCOC1. The first-order chi connectivity index (χ1) is 10.6. The molecule has 0 radical (unpaired) electrons. The van der Waals surface area contributed by atoms with E-state index in [9.17, 15) is 9.59 Å². The lowest BCUT2D eigenvalue weighted by atomic mass is 10.2. The number of nitrogens with one attached hydrogen (secondary N) is 3. The molecule has 2 atom stereocenters. The van der Waals surface area contributed by atoms with Gasteiger partial charge in [0.2, 0.25) is 5.91 Å². The number of carbonyl (C=O) groups excluding carboxylic acids is 2. The van der Waals surface area contributed by atoms with Gasteiger partial charge in [0.25, 0.3) is 5.91 Å². The predicted octanol–water partition coefficient (Wildman–Crippen LogP) is 0.586. The first-order valence-electron chi connectivity index (χ1n) is 7.27. The fourth-order valence-electron chi connectivity index (χ4n) is 2.44. The van der Waals surface area contributed by atoms with Crippen molar-refractivity contribution < 1.29 is 14.3 Å². The number of ether oxygens (including phenoxy) is 1. The van der Waals surface area contributed by atoms with Gasteiger partial charge >= 0.3 is 0 Å². The van der Waals surface area contributed by atoms with Crippen LogP contribution < -0.4 is 10.6 Å². The van der Waals surface area contributed by atoms with Crippen LogP contribution in [0.3, 0.4) is 0 Å². The Labute approximate surface area is 127 Å². The Kier molecular flexibility index (Phi) is 4.06. The molecule has 1 aliphatic rings. The number of hydrogen-bond acceptors (Lipinski definition) is 4. The maximum Gasteiger partial charge on any atom is 0.273 e. The minimum atomic E-state index is -0.636. The van der Waals surface area contributed by atoms with Crippen LogP contribution >= 0.6 is 0 Å². The fourth-order valence-corrected chi connectivity index (χ4v) is 2.44. The van der Waals surface area contributed by atoms with Crippen molar-refractivity contribution in [2.75, 3.05) is 13.2 Å². The Morgan fingerprint density at radius 1 is 1.41 bits per heavy atom. The van der Waals surface area contributed by atoms with Crippen LogP contribution in [0.25, 0.3) is 10.9 Å². The Morgan fingerprint density at radius 2 is 2.23 bits per heavy atom. The molecular weight excluding hydrogens is 284 g/mol. The zero-order valence-electron chi connectivity index (χ0n) is 12.3. The average molecular weight is 302 g/mol. The molecule has 7 heteroatoms. The van der Waals surface area contributed by atoms with Gasteiger partial charge in [-0.2, -0.15) is 5.10 Å². The molecule has 0 bridgehead atoms. The van der Waals surface area contributed by atoms with Crippen LogP contribution in [0.4, 0.5) is 0 Å². The topological polar surface area (TPSA) is 96.1 Å². The number of para-hydroxylation sites is 1. The van der Waals surface area contributed by atoms with E-state index in [1.807, 2.05) is 24.3 Å². The Bertz CT molecular complexity index is 691. The second-order valence-electron chi connectivity index (χ2n) is 5.38. The minimum absolute atomic E-state index is 0.0260. The van der Waals surface area contributed by atoms with Crippen LogP contribution in [-0.4, -0.2) is 47.3 Å². The highest BCUT2D eigenvalue weighted by Gasteiger charge is 2.23. The molecule has 22 heavy (non-hydrogen) atoms. The summed E-state index contributed by atoms with van der Waals surface area (Å²) < 4.78 is 5.21. The molecule has 7 nitrogen and oxygen atoms in total. The highest BCUT2D eigenvalue weighted by Crippen LogP contribution is 2.14. The van der Waals surface area contributed by atoms with E-state index in [2.05, 4.69) is 20.8 Å². The third kappa shape index (κ3) is 2.94. The van der Waals surface area contributed by atoms with Crippen molar-refractivity contribution in [3.05, 3.63) is 30.0 Å². The van der Waals surface area contributed by atoms with Gasteiger partial charge in [0.1, 0.15) is 6.04 Å². The zero-order valence-corrected chi connectivity index (χ0v) is 12.3. The van der Waals surface area contributed by atoms with Crippen molar-refractivity contribution in [3.8, 4) is 0 Å². The van der Waals surface area contributed by atoms with Gasteiger partial charge in [0.15, 0.2) is 5.69 Å². The summed E-state index contributed by atoms with van der Waals surface area (Å²) in [7, 11) is 0. The van der Waals surface area contributed by atoms with E-state index >= 15 is 0 Å². The molecule has 1 aliphatic heterocycles. The van der Waals surface area contributed by atoms with E-state index in [0.29, 0.717) is 18.9 Å². The van der Waals surface area contributed by atoms with Gasteiger partial charge in [-0.05, 0) is 19.4 Å². The maximum atomic E-state index is 12.3. The molecule has 0 unspecified atom stereocenters. The van der Waals surface area contributed by atoms with Crippen molar-refractivity contribution in [2.24, 2.45) is 0 Å². The molecule has 2 heterocycles. The number of hydrogen-bond donors (Lipinski definition) is 3. The monoisotopic (exact) mass is 302 g/mol. The normalized spacial score (nSPS) is 19.0. The zero-order chi connectivity index (χ0) is 15.5. The van der Waals surface area contributed by atoms with Crippen molar-refractivity contribution in [2.45, 2.75) is 25.4 Å². The summed E-state index contributed by atoms with van der Waals surface area (Å²) >= 11 is 0. The van der Waals surface area contributed by atoms with Gasteiger partial charge in [0.05, 0.1) is 18.2 Å². The number of nitrogens with zero attached hydrogens (tertiary/aromatic N) is 1. The molecule has 3 N–H and O–H groups in total. The average Bonchev–Trinajstić information content (AvgIpc) is 3.15. The molecule has 1 aromatic carbocycles. The van der Waals surface area contributed by atoms with E-state index in [-0.39, 0.29) is 17.9 Å². The lowest BCUT2D eigenvalue weighted by Crippen LogP contribution is -2.48. The quantitative estimate of drug-likeness (QED) is 0.770. The third-order valence-electron chi connectivity index (χ3n) is 3.70. The number of fused-ring (bicyclic) bond motifs is 1. The summed E-state index contributed by atoms with van der Waals surface area (Å²) in [6.07, 6.45) is 0.802. The Morgan fingerprint density at radius 3 is 3.00 bits per heavy atom. The molecule has 0 spiro atoms. The first kappa shape index (κ1) is 14.5. The number of H-pyrrole nitrogens is 1. The number of aromatic amines is 1. The highest BCUT2D eigenvalue weighted by atomic mass is 16.5. The molecule has 2 aromatic rings. The summed E-state index contributed by atoms with van der Waals surface area (Å²) in [4.78, 5) is 24.3. The predicted molar refractivity (Wildman–Crippen MR) is 80.4 cm³/mol. The number of aromatic nitrogens is 2. The summed E-state index contributed by atoms with van der Waals surface area (Å²) in [6, 6.07) is 6.75. The second-order valence-corrected chi connectivity index (χ2v) is 5.38. The van der Waals surface area contributed by atoms with E-state index in [1.165, 1.54) is 0 Å². The van der Waals surface area contributed by atoms with Crippen molar-refractivity contribution in [1.82, 2.24) is 20.8 Å². The lowest BCUT2D eigenvalue weighted by Gasteiger charge is -2.16.